The van der Waals surface area contributed by atoms with Crippen LogP contribution in [-0.4, -0.2) is 18.1 Å². The van der Waals surface area contributed by atoms with Crippen molar-refractivity contribution in [1.29, 1.82) is 0 Å². The fourth-order valence-corrected chi connectivity index (χ4v) is 3.84. The van der Waals surface area contributed by atoms with Crippen molar-refractivity contribution in [2.75, 3.05) is 18.0 Å². The number of nitrogens with zero attached hydrogens (tertiary/aromatic N) is 2. The number of hydrogen-bond donors (Lipinski definition) is 1. The van der Waals surface area contributed by atoms with E-state index in [4.69, 9.17) is 5.73 Å². The summed E-state index contributed by atoms with van der Waals surface area (Å²) < 4.78 is 1.19. The topological polar surface area (TPSA) is 42.2 Å². The van der Waals surface area contributed by atoms with Crippen molar-refractivity contribution >= 4 is 28.4 Å². The number of pyridine rings is 1. The van der Waals surface area contributed by atoms with E-state index in [1.54, 1.807) is 0 Å². The molecule has 1 aliphatic rings. The maximum absolute atomic E-state index is 6.05. The predicted molar refractivity (Wildman–Crippen MR) is 91.0 cm³/mol. The summed E-state index contributed by atoms with van der Waals surface area (Å²) in [6, 6.07) is 11.0. The maximum Gasteiger partial charge on any atom is 0.142 e. The largest absolute Gasteiger partial charge is 0.347 e. The third kappa shape index (κ3) is 2.42. The molecule has 4 heteroatoms. The lowest BCUT2D eigenvalue weighted by atomic mass is 9.92. The molecule has 1 unspecified atom stereocenters. The van der Waals surface area contributed by atoms with Crippen LogP contribution in [0.2, 0.25) is 0 Å². The third-order valence-electron chi connectivity index (χ3n) is 3.87. The summed E-state index contributed by atoms with van der Waals surface area (Å²) in [7, 11) is 0. The number of anilines is 1. The molecule has 3 nitrogen and oxygen atoms in total. The molecule has 0 spiro atoms. The van der Waals surface area contributed by atoms with Gasteiger partial charge >= 0.3 is 0 Å². The Morgan fingerprint density at radius 2 is 2.20 bits per heavy atom. The van der Waals surface area contributed by atoms with Gasteiger partial charge in [0, 0.05) is 19.3 Å². The molecule has 1 atom stereocenters. The Kier molecular flexibility index (Phi) is 3.94. The van der Waals surface area contributed by atoms with Crippen molar-refractivity contribution in [3.8, 4) is 0 Å². The quantitative estimate of drug-likeness (QED) is 0.816. The average Bonchev–Trinajstić information content (AvgIpc) is 2.46. The lowest BCUT2D eigenvalue weighted by Gasteiger charge is -2.38. The van der Waals surface area contributed by atoms with Crippen LogP contribution >= 0.6 is 22.6 Å². The molecule has 1 aliphatic heterocycles. The first-order valence-corrected chi connectivity index (χ1v) is 7.95. The van der Waals surface area contributed by atoms with Crippen molar-refractivity contribution in [3.05, 3.63) is 56.8 Å². The van der Waals surface area contributed by atoms with Gasteiger partial charge in [-0.25, -0.2) is 4.98 Å². The zero-order valence-corrected chi connectivity index (χ0v) is 13.7. The number of nitrogens with two attached hydrogens (primary N) is 1. The zero-order chi connectivity index (χ0) is 14.1. The normalized spacial score (nSPS) is 17.9. The van der Waals surface area contributed by atoms with Crippen LogP contribution in [0.3, 0.4) is 0 Å². The Hall–Kier alpha value is -1.14. The first kappa shape index (κ1) is 13.8. The van der Waals surface area contributed by atoms with Gasteiger partial charge in [0.2, 0.25) is 0 Å². The molecule has 0 saturated carbocycles. The molecule has 0 radical (unpaired) electrons. The van der Waals surface area contributed by atoms with Gasteiger partial charge in [-0.2, -0.15) is 0 Å². The van der Waals surface area contributed by atoms with Crippen molar-refractivity contribution in [2.45, 2.75) is 19.4 Å². The second-order valence-electron chi connectivity index (χ2n) is 5.21. The van der Waals surface area contributed by atoms with Crippen LogP contribution in [0.4, 0.5) is 5.82 Å². The standard InChI is InChI=1S/C16H18IN3/c1-11-8-14(17)16(19-10-11)20-7-6-12-4-2-3-5-13(12)15(20)9-18/h2-5,8,10,15H,6-7,9,18H2,1H3. The van der Waals surface area contributed by atoms with Gasteiger partial charge in [0.25, 0.3) is 0 Å². The number of benzene rings is 1. The number of fused-ring (bicyclic) bond motifs is 1. The highest BCUT2D eigenvalue weighted by atomic mass is 127. The molecule has 2 heterocycles. The number of aryl methyl sites for hydroxylation is 1. The Bertz CT molecular complexity index is 627. The van der Waals surface area contributed by atoms with E-state index in [9.17, 15) is 0 Å². The predicted octanol–water partition coefficient (Wildman–Crippen LogP) is 3.06. The van der Waals surface area contributed by atoms with E-state index in [-0.39, 0.29) is 6.04 Å². The number of hydrogen-bond acceptors (Lipinski definition) is 3. The summed E-state index contributed by atoms with van der Waals surface area (Å²) in [5.74, 6) is 1.06. The van der Waals surface area contributed by atoms with E-state index in [1.165, 1.54) is 20.3 Å². The SMILES string of the molecule is Cc1cnc(N2CCc3ccccc3C2CN)c(I)c1. The molecule has 2 aromatic rings. The van der Waals surface area contributed by atoms with E-state index >= 15 is 0 Å². The molecular weight excluding hydrogens is 361 g/mol. The van der Waals surface area contributed by atoms with Crippen LogP contribution in [-0.2, 0) is 6.42 Å². The van der Waals surface area contributed by atoms with E-state index < -0.39 is 0 Å². The second kappa shape index (κ2) is 5.69. The van der Waals surface area contributed by atoms with E-state index in [1.807, 2.05) is 6.20 Å². The van der Waals surface area contributed by atoms with Crippen LogP contribution in [0.1, 0.15) is 22.7 Å². The fraction of sp³-hybridized carbons (Fsp3) is 0.312. The number of halogens is 1. The van der Waals surface area contributed by atoms with Crippen LogP contribution in [0.15, 0.2) is 36.5 Å². The van der Waals surface area contributed by atoms with Crippen molar-refractivity contribution in [1.82, 2.24) is 4.98 Å². The second-order valence-corrected chi connectivity index (χ2v) is 6.37. The first-order valence-electron chi connectivity index (χ1n) is 6.87. The third-order valence-corrected chi connectivity index (χ3v) is 4.66. The minimum atomic E-state index is 0.226. The van der Waals surface area contributed by atoms with Gasteiger partial charge < -0.3 is 10.6 Å². The van der Waals surface area contributed by atoms with Crippen LogP contribution < -0.4 is 10.6 Å². The fourth-order valence-electron chi connectivity index (χ4n) is 2.90. The van der Waals surface area contributed by atoms with E-state index in [0.717, 1.165) is 18.8 Å². The van der Waals surface area contributed by atoms with Gasteiger partial charge in [-0.15, -0.1) is 0 Å². The average molecular weight is 379 g/mol. The Morgan fingerprint density at radius 1 is 1.40 bits per heavy atom. The van der Waals surface area contributed by atoms with Gasteiger partial charge in [0.1, 0.15) is 5.82 Å². The summed E-state index contributed by atoms with van der Waals surface area (Å²) in [6.07, 6.45) is 2.99. The molecule has 1 aromatic heterocycles. The van der Waals surface area contributed by atoms with Crippen molar-refractivity contribution in [2.24, 2.45) is 5.73 Å². The first-order chi connectivity index (χ1) is 9.70. The molecule has 0 fully saturated rings. The van der Waals surface area contributed by atoms with Gasteiger partial charge in [-0.3, -0.25) is 0 Å². The van der Waals surface area contributed by atoms with Crippen molar-refractivity contribution in [3.63, 3.8) is 0 Å². The molecule has 0 saturated heterocycles. The van der Waals surface area contributed by atoms with Gasteiger partial charge in [0.15, 0.2) is 0 Å². The molecule has 2 N–H and O–H groups in total. The van der Waals surface area contributed by atoms with Crippen LogP contribution in [0.25, 0.3) is 0 Å². The van der Waals surface area contributed by atoms with Gasteiger partial charge in [0.05, 0.1) is 9.61 Å². The van der Waals surface area contributed by atoms with E-state index in [0.29, 0.717) is 6.54 Å². The summed E-state index contributed by atoms with van der Waals surface area (Å²) in [5, 5.41) is 0. The highest BCUT2D eigenvalue weighted by molar-refractivity contribution is 14.1. The molecule has 0 amide bonds. The monoisotopic (exact) mass is 379 g/mol. The zero-order valence-electron chi connectivity index (χ0n) is 11.5. The lowest BCUT2D eigenvalue weighted by molar-refractivity contribution is 0.583. The maximum atomic E-state index is 6.05. The molecular formula is C16H18IN3. The number of rotatable bonds is 2. The Labute approximate surface area is 133 Å². The molecule has 3 rings (SSSR count). The summed E-state index contributed by atoms with van der Waals surface area (Å²) in [4.78, 5) is 6.99. The molecule has 0 aliphatic carbocycles. The Morgan fingerprint density at radius 3 is 2.95 bits per heavy atom. The van der Waals surface area contributed by atoms with Crippen LogP contribution in [0.5, 0.6) is 0 Å². The molecule has 0 bridgehead atoms. The lowest BCUT2D eigenvalue weighted by Crippen LogP contribution is -2.40. The minimum absolute atomic E-state index is 0.226. The highest BCUT2D eigenvalue weighted by Crippen LogP contribution is 2.34. The van der Waals surface area contributed by atoms with Gasteiger partial charge in [-0.05, 0) is 58.7 Å². The minimum Gasteiger partial charge on any atom is -0.347 e. The molecule has 20 heavy (non-hydrogen) atoms. The molecule has 1 aromatic carbocycles. The summed E-state index contributed by atoms with van der Waals surface area (Å²) in [5.41, 5.74) is 10.0. The smallest absolute Gasteiger partial charge is 0.142 e. The van der Waals surface area contributed by atoms with Crippen molar-refractivity contribution < 1.29 is 0 Å². The summed E-state index contributed by atoms with van der Waals surface area (Å²) >= 11 is 2.37. The molecule has 104 valence electrons. The highest BCUT2D eigenvalue weighted by Gasteiger charge is 2.28. The number of aromatic nitrogens is 1. The van der Waals surface area contributed by atoms with Crippen LogP contribution in [0, 0.1) is 10.5 Å². The van der Waals surface area contributed by atoms with Gasteiger partial charge in [-0.1, -0.05) is 24.3 Å². The summed E-state index contributed by atoms with van der Waals surface area (Å²) in [6.45, 7) is 3.67. The van der Waals surface area contributed by atoms with E-state index in [2.05, 4.69) is 69.7 Å². The Balaban J connectivity index is 2.03.